The van der Waals surface area contributed by atoms with Crippen molar-refractivity contribution in [1.29, 1.82) is 0 Å². The zero-order chi connectivity index (χ0) is 11.8. The van der Waals surface area contributed by atoms with Gasteiger partial charge in [0.15, 0.2) is 0 Å². The van der Waals surface area contributed by atoms with Gasteiger partial charge in [0, 0.05) is 11.1 Å². The molecule has 0 N–H and O–H groups in total. The van der Waals surface area contributed by atoms with Crippen molar-refractivity contribution in [2.24, 2.45) is 0 Å². The first kappa shape index (κ1) is 11.3. The van der Waals surface area contributed by atoms with E-state index in [0.29, 0.717) is 0 Å². The Labute approximate surface area is 93.7 Å². The predicted octanol–water partition coefficient (Wildman–Crippen LogP) is 3.74. The van der Waals surface area contributed by atoms with Crippen molar-refractivity contribution in [3.05, 3.63) is 41.2 Å². The topological polar surface area (TPSA) is 3.24 Å². The molecule has 0 saturated carbocycles. The number of hydrogen-bond acceptors (Lipinski definition) is 2. The molecule has 0 fully saturated rings. The molecule has 0 aromatic heterocycles. The lowest BCUT2D eigenvalue weighted by atomic mass is 10.2. The van der Waals surface area contributed by atoms with Gasteiger partial charge < -0.3 is 4.90 Å². The van der Waals surface area contributed by atoms with Crippen LogP contribution in [0.5, 0.6) is 0 Å². The fourth-order valence-corrected chi connectivity index (χ4v) is 2.33. The highest BCUT2D eigenvalue weighted by Crippen LogP contribution is 2.39. The minimum Gasteiger partial charge on any atom is -0.327 e. The van der Waals surface area contributed by atoms with Crippen LogP contribution >= 0.6 is 11.8 Å². The second-order valence-electron chi connectivity index (χ2n) is 3.20. The first-order chi connectivity index (χ1) is 7.48. The summed E-state index contributed by atoms with van der Waals surface area (Å²) in [6.45, 7) is 0. The maximum absolute atomic E-state index is 12.9. The average Bonchev–Trinajstić information content (AvgIpc) is 2.65. The zero-order valence-corrected chi connectivity index (χ0v) is 8.78. The fourth-order valence-electron chi connectivity index (χ4n) is 1.40. The Hall–Kier alpha value is -1.17. The Morgan fingerprint density at radius 2 is 2.00 bits per heavy atom. The lowest BCUT2D eigenvalue weighted by molar-refractivity contribution is -0.0925. The standard InChI is InChI=1S/C10H7F4NS/c11-7-2-1-3-8(4-7)15-6-16-5-9(15)10(12,13)14/h1-5H,6H2. The van der Waals surface area contributed by atoms with Crippen molar-refractivity contribution >= 4 is 17.4 Å². The van der Waals surface area contributed by atoms with E-state index in [9.17, 15) is 17.6 Å². The minimum absolute atomic E-state index is 0.151. The summed E-state index contributed by atoms with van der Waals surface area (Å²) in [5.74, 6) is -0.394. The second kappa shape index (κ2) is 4.01. The van der Waals surface area contributed by atoms with E-state index in [0.717, 1.165) is 28.1 Å². The molecule has 0 atom stereocenters. The van der Waals surface area contributed by atoms with Gasteiger partial charge in [-0.1, -0.05) is 6.07 Å². The number of halogens is 4. The fraction of sp³-hybridized carbons (Fsp3) is 0.200. The molecular formula is C10H7F4NS. The van der Waals surface area contributed by atoms with Crippen LogP contribution in [0.25, 0.3) is 0 Å². The maximum Gasteiger partial charge on any atom is 0.431 e. The SMILES string of the molecule is Fc1cccc(N2CSC=C2C(F)(F)F)c1. The molecule has 1 heterocycles. The number of benzene rings is 1. The maximum atomic E-state index is 12.9. The largest absolute Gasteiger partial charge is 0.431 e. The monoisotopic (exact) mass is 249 g/mol. The molecule has 0 radical (unpaired) electrons. The van der Waals surface area contributed by atoms with Crippen LogP contribution in [0.2, 0.25) is 0 Å². The molecule has 0 saturated heterocycles. The Balaban J connectivity index is 2.32. The van der Waals surface area contributed by atoms with Crippen LogP contribution in [-0.4, -0.2) is 12.1 Å². The second-order valence-corrected chi connectivity index (χ2v) is 4.03. The van der Waals surface area contributed by atoms with E-state index >= 15 is 0 Å². The summed E-state index contributed by atoms with van der Waals surface area (Å²) in [4.78, 5) is 1.05. The van der Waals surface area contributed by atoms with Crippen LogP contribution in [-0.2, 0) is 0 Å². The number of anilines is 1. The van der Waals surface area contributed by atoms with E-state index in [4.69, 9.17) is 0 Å². The Kier molecular flexibility index (Phi) is 2.84. The van der Waals surface area contributed by atoms with Gasteiger partial charge in [-0.3, -0.25) is 0 Å². The summed E-state index contributed by atoms with van der Waals surface area (Å²) in [7, 11) is 0. The van der Waals surface area contributed by atoms with Gasteiger partial charge in [-0.2, -0.15) is 13.2 Å². The summed E-state index contributed by atoms with van der Waals surface area (Å²) >= 11 is 1.04. The van der Waals surface area contributed by atoms with Crippen molar-refractivity contribution in [2.45, 2.75) is 6.18 Å². The van der Waals surface area contributed by atoms with Gasteiger partial charge in [0.1, 0.15) is 11.5 Å². The quantitative estimate of drug-likeness (QED) is 0.697. The molecule has 86 valence electrons. The highest BCUT2D eigenvalue weighted by molar-refractivity contribution is 8.02. The first-order valence-corrected chi connectivity index (χ1v) is 5.45. The smallest absolute Gasteiger partial charge is 0.327 e. The van der Waals surface area contributed by atoms with Gasteiger partial charge >= 0.3 is 6.18 Å². The minimum atomic E-state index is -4.41. The third-order valence-corrected chi connectivity index (χ3v) is 2.90. The Bertz CT molecular complexity index is 427. The van der Waals surface area contributed by atoms with E-state index in [1.165, 1.54) is 18.2 Å². The molecule has 0 unspecified atom stereocenters. The van der Waals surface area contributed by atoms with Crippen LogP contribution in [0.15, 0.2) is 35.4 Å². The average molecular weight is 249 g/mol. The molecule has 2 rings (SSSR count). The van der Waals surface area contributed by atoms with E-state index in [1.807, 2.05) is 0 Å². The first-order valence-electron chi connectivity index (χ1n) is 4.40. The highest BCUT2D eigenvalue weighted by atomic mass is 32.2. The Morgan fingerprint density at radius 1 is 1.25 bits per heavy atom. The van der Waals surface area contributed by atoms with E-state index in [2.05, 4.69) is 0 Å². The van der Waals surface area contributed by atoms with Crippen molar-refractivity contribution in [2.75, 3.05) is 10.8 Å². The van der Waals surface area contributed by atoms with Gasteiger partial charge in [-0.15, -0.1) is 11.8 Å². The van der Waals surface area contributed by atoms with Crippen LogP contribution < -0.4 is 4.90 Å². The number of rotatable bonds is 1. The highest BCUT2D eigenvalue weighted by Gasteiger charge is 2.40. The summed E-state index contributed by atoms with van der Waals surface area (Å²) in [5, 5.41) is 1.05. The van der Waals surface area contributed by atoms with Gasteiger partial charge in [-0.05, 0) is 18.2 Å². The van der Waals surface area contributed by atoms with Crippen LogP contribution in [0, 0.1) is 5.82 Å². The lowest BCUT2D eigenvalue weighted by Crippen LogP contribution is -2.28. The Morgan fingerprint density at radius 3 is 2.62 bits per heavy atom. The molecule has 1 aliphatic rings. The molecular weight excluding hydrogens is 242 g/mol. The molecule has 1 nitrogen and oxygen atoms in total. The molecule has 1 aromatic rings. The van der Waals surface area contributed by atoms with Gasteiger partial charge in [0.25, 0.3) is 0 Å². The molecule has 6 heteroatoms. The molecule has 0 bridgehead atoms. The number of nitrogens with zero attached hydrogens (tertiary/aromatic N) is 1. The third-order valence-electron chi connectivity index (χ3n) is 2.10. The molecule has 0 spiro atoms. The summed E-state index contributed by atoms with van der Waals surface area (Å²) < 4.78 is 50.6. The van der Waals surface area contributed by atoms with E-state index < -0.39 is 17.7 Å². The summed E-state index contributed by atoms with van der Waals surface area (Å²) in [6.07, 6.45) is -4.41. The van der Waals surface area contributed by atoms with Gasteiger partial charge in [0.05, 0.1) is 5.88 Å². The van der Waals surface area contributed by atoms with Crippen LogP contribution in [0.1, 0.15) is 0 Å². The van der Waals surface area contributed by atoms with Gasteiger partial charge in [0.2, 0.25) is 0 Å². The van der Waals surface area contributed by atoms with Gasteiger partial charge in [-0.25, -0.2) is 4.39 Å². The number of hydrogen-bond donors (Lipinski definition) is 0. The van der Waals surface area contributed by atoms with E-state index in [-0.39, 0.29) is 11.6 Å². The molecule has 1 aromatic carbocycles. The predicted molar refractivity (Wildman–Crippen MR) is 55.5 cm³/mol. The summed E-state index contributed by atoms with van der Waals surface area (Å²) in [6, 6.07) is 5.13. The van der Waals surface area contributed by atoms with Crippen molar-refractivity contribution in [3.8, 4) is 0 Å². The van der Waals surface area contributed by atoms with Crippen LogP contribution in [0.4, 0.5) is 23.2 Å². The van der Waals surface area contributed by atoms with Crippen molar-refractivity contribution < 1.29 is 17.6 Å². The number of thioether (sulfide) groups is 1. The number of allylic oxidation sites excluding steroid dienone is 1. The summed E-state index contributed by atoms with van der Waals surface area (Å²) in [5.41, 5.74) is -0.531. The number of alkyl halides is 3. The molecule has 0 amide bonds. The third kappa shape index (κ3) is 2.16. The zero-order valence-electron chi connectivity index (χ0n) is 7.96. The lowest BCUT2D eigenvalue weighted by Gasteiger charge is -2.23. The van der Waals surface area contributed by atoms with Crippen molar-refractivity contribution in [1.82, 2.24) is 0 Å². The van der Waals surface area contributed by atoms with Crippen LogP contribution in [0.3, 0.4) is 0 Å². The van der Waals surface area contributed by atoms with E-state index in [1.54, 1.807) is 0 Å². The normalized spacial score (nSPS) is 16.5. The van der Waals surface area contributed by atoms with Crippen molar-refractivity contribution in [3.63, 3.8) is 0 Å². The molecule has 1 aliphatic heterocycles. The molecule has 16 heavy (non-hydrogen) atoms. The molecule has 0 aliphatic carbocycles.